The third kappa shape index (κ3) is 4.11. The Morgan fingerprint density at radius 2 is 1.95 bits per heavy atom. The highest BCUT2D eigenvalue weighted by atomic mass is 19.4. The van der Waals surface area contributed by atoms with Gasteiger partial charge in [-0.05, 0) is 12.8 Å². The number of hydrogen-bond donors (Lipinski definition) is 2. The van der Waals surface area contributed by atoms with Gasteiger partial charge in [0.25, 0.3) is 0 Å². The lowest BCUT2D eigenvalue weighted by molar-refractivity contribution is -0.186. The first-order valence-corrected chi connectivity index (χ1v) is 5.60. The Morgan fingerprint density at radius 3 is 2.47 bits per heavy atom. The second-order valence-electron chi connectivity index (χ2n) is 4.09. The van der Waals surface area contributed by atoms with Crippen molar-refractivity contribution < 1.29 is 32.7 Å². The second kappa shape index (κ2) is 5.89. The summed E-state index contributed by atoms with van der Waals surface area (Å²) in [6.45, 7) is -0.311. The fourth-order valence-electron chi connectivity index (χ4n) is 1.86. The van der Waals surface area contributed by atoms with Crippen LogP contribution in [0.4, 0.5) is 13.2 Å². The summed E-state index contributed by atoms with van der Waals surface area (Å²) in [5, 5.41) is 10.6. The van der Waals surface area contributed by atoms with Crippen molar-refractivity contribution in [3.8, 4) is 0 Å². The molecule has 1 aliphatic heterocycles. The van der Waals surface area contributed by atoms with Crippen molar-refractivity contribution in [2.24, 2.45) is 0 Å². The molecule has 6 nitrogen and oxygen atoms in total. The highest BCUT2D eigenvalue weighted by Gasteiger charge is 2.47. The summed E-state index contributed by atoms with van der Waals surface area (Å²) < 4.78 is 36.9. The predicted octanol–water partition coefficient (Wildman–Crippen LogP) is 0.131. The first-order valence-electron chi connectivity index (χ1n) is 5.60. The van der Waals surface area contributed by atoms with Crippen LogP contribution in [0.15, 0.2) is 0 Å². The lowest BCUT2D eigenvalue weighted by Crippen LogP contribution is -2.50. The van der Waals surface area contributed by atoms with Gasteiger partial charge >= 0.3 is 18.1 Å². The molecule has 0 radical (unpaired) electrons. The number of hydrogen-bond acceptors (Lipinski definition) is 3. The van der Waals surface area contributed by atoms with Crippen LogP contribution in [-0.2, 0) is 14.4 Å². The van der Waals surface area contributed by atoms with Crippen LogP contribution in [0.2, 0.25) is 0 Å². The van der Waals surface area contributed by atoms with E-state index < -0.39 is 30.0 Å². The SMILES string of the molecule is O=C(O)CCNC(=O)C1CCCN1C(=O)C(F)(F)F. The molecule has 2 amide bonds. The molecule has 0 aromatic heterocycles. The van der Waals surface area contributed by atoms with Gasteiger partial charge in [0.1, 0.15) is 6.04 Å². The molecule has 1 rings (SSSR count). The molecule has 9 heteroatoms. The Morgan fingerprint density at radius 1 is 1.32 bits per heavy atom. The van der Waals surface area contributed by atoms with E-state index in [9.17, 15) is 27.6 Å². The summed E-state index contributed by atoms with van der Waals surface area (Å²) in [6, 6.07) is -1.18. The fourth-order valence-corrected chi connectivity index (χ4v) is 1.86. The van der Waals surface area contributed by atoms with Gasteiger partial charge in [-0.3, -0.25) is 14.4 Å². The van der Waals surface area contributed by atoms with Crippen molar-refractivity contribution >= 4 is 17.8 Å². The van der Waals surface area contributed by atoms with Crippen molar-refractivity contribution in [3.63, 3.8) is 0 Å². The zero-order valence-electron chi connectivity index (χ0n) is 9.87. The number of halogens is 3. The molecule has 1 saturated heterocycles. The molecule has 1 aliphatic rings. The van der Waals surface area contributed by atoms with E-state index in [2.05, 4.69) is 5.32 Å². The number of alkyl halides is 3. The number of aliphatic carboxylic acids is 1. The quantitative estimate of drug-likeness (QED) is 0.767. The topological polar surface area (TPSA) is 86.7 Å². The minimum Gasteiger partial charge on any atom is -0.481 e. The van der Waals surface area contributed by atoms with E-state index in [1.807, 2.05) is 0 Å². The van der Waals surface area contributed by atoms with Crippen LogP contribution >= 0.6 is 0 Å². The molecule has 0 bridgehead atoms. The van der Waals surface area contributed by atoms with Gasteiger partial charge in [-0.15, -0.1) is 0 Å². The van der Waals surface area contributed by atoms with Crippen LogP contribution in [0, 0.1) is 0 Å². The van der Waals surface area contributed by atoms with Gasteiger partial charge in [0.2, 0.25) is 5.91 Å². The Bertz CT molecular complexity index is 383. The minimum absolute atomic E-state index is 0.130. The standard InChI is InChI=1S/C10H13F3N2O4/c11-10(12,13)9(19)15-5-1-2-6(15)8(18)14-4-3-7(16)17/h6H,1-5H2,(H,14,18)(H,16,17). The minimum atomic E-state index is -5.01. The van der Waals surface area contributed by atoms with Crippen molar-refractivity contribution in [1.29, 1.82) is 0 Å². The van der Waals surface area contributed by atoms with Crippen LogP contribution < -0.4 is 5.32 Å². The maximum absolute atomic E-state index is 12.3. The van der Waals surface area contributed by atoms with E-state index in [1.165, 1.54) is 0 Å². The van der Waals surface area contributed by atoms with Gasteiger partial charge in [0, 0.05) is 13.1 Å². The number of carbonyl (C=O) groups is 3. The highest BCUT2D eigenvalue weighted by Crippen LogP contribution is 2.25. The Kier molecular flexibility index (Phi) is 4.73. The maximum Gasteiger partial charge on any atom is 0.471 e. The summed E-state index contributed by atoms with van der Waals surface area (Å²) >= 11 is 0. The average Bonchev–Trinajstić information content (AvgIpc) is 2.74. The molecular formula is C10H13F3N2O4. The van der Waals surface area contributed by atoms with Crippen LogP contribution in [-0.4, -0.2) is 53.1 Å². The third-order valence-corrected chi connectivity index (χ3v) is 2.70. The largest absolute Gasteiger partial charge is 0.481 e. The van der Waals surface area contributed by atoms with E-state index in [0.717, 1.165) is 0 Å². The zero-order chi connectivity index (χ0) is 14.6. The molecule has 0 aromatic rings. The zero-order valence-corrected chi connectivity index (χ0v) is 9.87. The maximum atomic E-state index is 12.3. The molecule has 0 spiro atoms. The first kappa shape index (κ1) is 15.3. The lowest BCUT2D eigenvalue weighted by Gasteiger charge is -2.24. The monoisotopic (exact) mass is 282 g/mol. The number of nitrogens with one attached hydrogen (secondary N) is 1. The van der Waals surface area contributed by atoms with Gasteiger partial charge in [-0.25, -0.2) is 0 Å². The molecule has 108 valence electrons. The molecule has 0 aliphatic carbocycles. The van der Waals surface area contributed by atoms with E-state index >= 15 is 0 Å². The van der Waals surface area contributed by atoms with Crippen molar-refractivity contribution in [3.05, 3.63) is 0 Å². The van der Waals surface area contributed by atoms with Crippen molar-refractivity contribution in [1.82, 2.24) is 10.2 Å². The van der Waals surface area contributed by atoms with Gasteiger partial charge in [-0.2, -0.15) is 13.2 Å². The van der Waals surface area contributed by atoms with E-state index in [1.54, 1.807) is 0 Å². The summed E-state index contributed by atoms with van der Waals surface area (Å²) in [7, 11) is 0. The van der Waals surface area contributed by atoms with Crippen LogP contribution in [0.3, 0.4) is 0 Å². The van der Waals surface area contributed by atoms with E-state index in [4.69, 9.17) is 5.11 Å². The van der Waals surface area contributed by atoms with Crippen molar-refractivity contribution in [2.45, 2.75) is 31.5 Å². The summed E-state index contributed by atoms with van der Waals surface area (Å²) in [5.41, 5.74) is 0. The normalized spacial score (nSPS) is 19.3. The smallest absolute Gasteiger partial charge is 0.471 e. The fraction of sp³-hybridized carbons (Fsp3) is 0.700. The highest BCUT2D eigenvalue weighted by molar-refractivity contribution is 5.90. The van der Waals surface area contributed by atoms with Crippen LogP contribution in [0.5, 0.6) is 0 Å². The molecule has 2 N–H and O–H groups in total. The summed E-state index contributed by atoms with van der Waals surface area (Å²) in [6.07, 6.45) is -4.89. The average molecular weight is 282 g/mol. The number of nitrogens with zero attached hydrogens (tertiary/aromatic N) is 1. The van der Waals surface area contributed by atoms with Crippen molar-refractivity contribution in [2.75, 3.05) is 13.1 Å². The third-order valence-electron chi connectivity index (χ3n) is 2.70. The predicted molar refractivity (Wildman–Crippen MR) is 56.1 cm³/mol. The molecule has 0 aromatic carbocycles. The van der Waals surface area contributed by atoms with E-state index in [-0.39, 0.29) is 25.9 Å². The Balaban J connectivity index is 2.58. The molecule has 19 heavy (non-hydrogen) atoms. The van der Waals surface area contributed by atoms with Crippen LogP contribution in [0.25, 0.3) is 0 Å². The van der Waals surface area contributed by atoms with Gasteiger partial charge in [0.15, 0.2) is 0 Å². The molecule has 1 atom stereocenters. The van der Waals surface area contributed by atoms with Gasteiger partial charge in [-0.1, -0.05) is 0 Å². The lowest BCUT2D eigenvalue weighted by atomic mass is 10.2. The summed E-state index contributed by atoms with van der Waals surface area (Å²) in [5.74, 6) is -3.92. The second-order valence-corrected chi connectivity index (χ2v) is 4.09. The molecule has 0 saturated carbocycles. The van der Waals surface area contributed by atoms with Gasteiger partial charge in [0.05, 0.1) is 6.42 Å². The number of carboxylic acids is 1. The Hall–Kier alpha value is -1.80. The Labute approximate surface area is 106 Å². The molecule has 1 fully saturated rings. The number of carbonyl (C=O) groups excluding carboxylic acids is 2. The molecule has 1 heterocycles. The number of carboxylic acid groups (broad SMARTS) is 1. The van der Waals surface area contributed by atoms with Gasteiger partial charge < -0.3 is 15.3 Å². The number of likely N-dealkylation sites (tertiary alicyclic amines) is 1. The molecule has 1 unspecified atom stereocenters. The molecular weight excluding hydrogens is 269 g/mol. The first-order chi connectivity index (χ1) is 8.73. The summed E-state index contributed by atoms with van der Waals surface area (Å²) in [4.78, 5) is 33.4. The number of rotatable bonds is 4. The van der Waals surface area contributed by atoms with Crippen LogP contribution in [0.1, 0.15) is 19.3 Å². The number of amides is 2. The van der Waals surface area contributed by atoms with E-state index in [0.29, 0.717) is 11.3 Å².